The van der Waals surface area contributed by atoms with Crippen molar-refractivity contribution >= 4 is 33.7 Å². The number of methoxy groups -OCH3 is 1. The molecule has 0 aliphatic rings. The van der Waals surface area contributed by atoms with Crippen LogP contribution in [0.5, 0.6) is 0 Å². The average Bonchev–Trinajstić information content (AvgIpc) is 2.48. The van der Waals surface area contributed by atoms with Crippen LogP contribution in [-0.2, 0) is 25.2 Å². The summed E-state index contributed by atoms with van der Waals surface area (Å²) < 4.78 is 47.1. The summed E-state index contributed by atoms with van der Waals surface area (Å²) in [6.07, 6.45) is -5.10. The molecule has 0 unspecified atom stereocenters. The number of esters is 2. The summed E-state index contributed by atoms with van der Waals surface area (Å²) in [5, 5.41) is 0. The fourth-order valence-corrected chi connectivity index (χ4v) is 2.02. The molecule has 0 amide bonds. The number of halogens is 4. The topological polar surface area (TPSA) is 69.7 Å². The molecule has 0 fully saturated rings. The van der Waals surface area contributed by atoms with E-state index < -0.39 is 36.1 Å². The van der Waals surface area contributed by atoms with Crippen LogP contribution in [0.15, 0.2) is 22.7 Å². The Morgan fingerprint density at radius 1 is 1.09 bits per heavy atom. The minimum atomic E-state index is -4.60. The third kappa shape index (κ3) is 6.39. The van der Waals surface area contributed by atoms with Gasteiger partial charge in [0.05, 0.1) is 25.5 Å². The van der Waals surface area contributed by atoms with Gasteiger partial charge >= 0.3 is 18.1 Å². The van der Waals surface area contributed by atoms with Crippen LogP contribution in [0.2, 0.25) is 0 Å². The molecule has 0 aliphatic heterocycles. The lowest BCUT2D eigenvalue weighted by atomic mass is 10.1. The minimum Gasteiger partial charge on any atom is -0.469 e. The maximum absolute atomic E-state index is 12.7. The number of Topliss-reactive ketones (excluding diaryl/α,β-unsaturated/α-hetero) is 1. The van der Waals surface area contributed by atoms with Crippen LogP contribution in [-0.4, -0.2) is 31.4 Å². The van der Waals surface area contributed by atoms with Gasteiger partial charge in [-0.2, -0.15) is 13.2 Å². The third-order valence-electron chi connectivity index (χ3n) is 2.67. The van der Waals surface area contributed by atoms with Crippen molar-refractivity contribution in [2.75, 3.05) is 13.7 Å². The molecule has 5 nitrogen and oxygen atoms in total. The lowest BCUT2D eigenvalue weighted by molar-refractivity contribution is -0.148. The summed E-state index contributed by atoms with van der Waals surface area (Å²) in [4.78, 5) is 34.0. The smallest absolute Gasteiger partial charge is 0.416 e. The number of hydrogen-bond acceptors (Lipinski definition) is 5. The number of ketones is 1. The first kappa shape index (κ1) is 19.1. The summed E-state index contributed by atoms with van der Waals surface area (Å²) in [5.74, 6) is -2.23. The molecule has 0 aliphatic carbocycles. The highest BCUT2D eigenvalue weighted by molar-refractivity contribution is 9.10. The number of ether oxygens (including phenoxy) is 2. The Balaban J connectivity index is 2.67. The van der Waals surface area contributed by atoms with Crippen molar-refractivity contribution in [3.8, 4) is 0 Å². The summed E-state index contributed by atoms with van der Waals surface area (Å²) in [6, 6.07) is 2.70. The van der Waals surface area contributed by atoms with Gasteiger partial charge in [0.1, 0.15) is 0 Å². The van der Waals surface area contributed by atoms with Crippen LogP contribution in [0.3, 0.4) is 0 Å². The minimum absolute atomic E-state index is 0.0766. The first-order valence-corrected chi connectivity index (χ1v) is 7.06. The van der Waals surface area contributed by atoms with Gasteiger partial charge in [-0.1, -0.05) is 15.9 Å². The second-order valence-electron chi connectivity index (χ2n) is 4.39. The number of carbonyl (C=O) groups is 3. The average molecular weight is 397 g/mol. The molecule has 1 aromatic carbocycles. The Morgan fingerprint density at radius 2 is 1.70 bits per heavy atom. The Hall–Kier alpha value is -1.90. The molecule has 0 bridgehead atoms. The standard InChI is InChI=1S/C14H12BrF3O5/c1-22-12(20)2-3-13(21)23-7-11(19)8-4-9(14(16,17)18)6-10(15)5-8/h4-6H,2-3,7H2,1H3. The number of benzene rings is 1. The zero-order valence-corrected chi connectivity index (χ0v) is 13.5. The van der Waals surface area contributed by atoms with Crippen molar-refractivity contribution in [1.82, 2.24) is 0 Å². The highest BCUT2D eigenvalue weighted by Crippen LogP contribution is 2.32. The highest BCUT2D eigenvalue weighted by Gasteiger charge is 2.31. The summed E-state index contributed by atoms with van der Waals surface area (Å²) >= 11 is 2.89. The van der Waals surface area contributed by atoms with Crippen LogP contribution in [0.1, 0.15) is 28.8 Å². The summed E-state index contributed by atoms with van der Waals surface area (Å²) in [6.45, 7) is -0.715. The zero-order valence-electron chi connectivity index (χ0n) is 11.9. The molecule has 0 aromatic heterocycles. The Morgan fingerprint density at radius 3 is 2.26 bits per heavy atom. The second-order valence-corrected chi connectivity index (χ2v) is 5.30. The Kier molecular flexibility index (Phi) is 6.74. The van der Waals surface area contributed by atoms with Crippen LogP contribution in [0, 0.1) is 0 Å². The molecule has 23 heavy (non-hydrogen) atoms. The van der Waals surface area contributed by atoms with Crippen molar-refractivity contribution < 1.29 is 37.0 Å². The molecular formula is C14H12BrF3O5. The van der Waals surface area contributed by atoms with Gasteiger partial charge in [-0.15, -0.1) is 0 Å². The van der Waals surface area contributed by atoms with Crippen LogP contribution < -0.4 is 0 Å². The van der Waals surface area contributed by atoms with Gasteiger partial charge in [0, 0.05) is 10.0 Å². The van der Waals surface area contributed by atoms with Gasteiger partial charge in [-0.05, 0) is 18.2 Å². The van der Waals surface area contributed by atoms with E-state index in [9.17, 15) is 27.6 Å². The molecule has 0 atom stereocenters. The fraction of sp³-hybridized carbons (Fsp3) is 0.357. The Labute approximate surface area is 137 Å². The van der Waals surface area contributed by atoms with Crippen LogP contribution in [0.4, 0.5) is 13.2 Å². The maximum Gasteiger partial charge on any atom is 0.416 e. The predicted molar refractivity (Wildman–Crippen MR) is 75.7 cm³/mol. The van der Waals surface area contributed by atoms with Gasteiger partial charge < -0.3 is 9.47 Å². The highest BCUT2D eigenvalue weighted by atomic mass is 79.9. The van der Waals surface area contributed by atoms with Crippen LogP contribution >= 0.6 is 15.9 Å². The normalized spacial score (nSPS) is 11.0. The monoisotopic (exact) mass is 396 g/mol. The first-order valence-electron chi connectivity index (χ1n) is 6.27. The van der Waals surface area contributed by atoms with E-state index in [1.807, 2.05) is 0 Å². The van der Waals surface area contributed by atoms with Crippen molar-refractivity contribution in [2.45, 2.75) is 19.0 Å². The first-order chi connectivity index (χ1) is 10.6. The fourth-order valence-electron chi connectivity index (χ4n) is 1.52. The van der Waals surface area contributed by atoms with E-state index in [1.165, 1.54) is 6.07 Å². The SMILES string of the molecule is COC(=O)CCC(=O)OCC(=O)c1cc(Br)cc(C(F)(F)F)c1. The van der Waals surface area contributed by atoms with E-state index in [2.05, 4.69) is 25.4 Å². The van der Waals surface area contributed by atoms with Gasteiger partial charge in [0.15, 0.2) is 12.4 Å². The van der Waals surface area contributed by atoms with E-state index in [-0.39, 0.29) is 22.9 Å². The second kappa shape index (κ2) is 8.09. The molecule has 126 valence electrons. The van der Waals surface area contributed by atoms with Gasteiger partial charge in [0.25, 0.3) is 0 Å². The molecule has 0 radical (unpaired) electrons. The third-order valence-corrected chi connectivity index (χ3v) is 3.13. The quantitative estimate of drug-likeness (QED) is 0.545. The molecule has 1 rings (SSSR count). The predicted octanol–water partition coefficient (Wildman–Crippen LogP) is 3.15. The van der Waals surface area contributed by atoms with Crippen molar-refractivity contribution in [1.29, 1.82) is 0 Å². The lowest BCUT2D eigenvalue weighted by Crippen LogP contribution is -2.16. The van der Waals surface area contributed by atoms with Crippen molar-refractivity contribution in [3.63, 3.8) is 0 Å². The zero-order chi connectivity index (χ0) is 17.6. The summed E-state index contributed by atoms with van der Waals surface area (Å²) in [5.41, 5.74) is -1.24. The molecule has 1 aromatic rings. The number of alkyl halides is 3. The van der Waals surface area contributed by atoms with Gasteiger partial charge in [-0.3, -0.25) is 14.4 Å². The lowest BCUT2D eigenvalue weighted by Gasteiger charge is -2.10. The van der Waals surface area contributed by atoms with E-state index >= 15 is 0 Å². The number of hydrogen-bond donors (Lipinski definition) is 0. The molecular weight excluding hydrogens is 385 g/mol. The molecule has 0 heterocycles. The van der Waals surface area contributed by atoms with E-state index in [0.29, 0.717) is 6.07 Å². The van der Waals surface area contributed by atoms with Gasteiger partial charge in [0.2, 0.25) is 0 Å². The Bertz CT molecular complexity index is 613. The molecule has 0 saturated carbocycles. The largest absolute Gasteiger partial charge is 0.469 e. The van der Waals surface area contributed by atoms with E-state index in [0.717, 1.165) is 13.2 Å². The summed E-state index contributed by atoms with van der Waals surface area (Å²) in [7, 11) is 1.16. The van der Waals surface area contributed by atoms with E-state index in [4.69, 9.17) is 0 Å². The van der Waals surface area contributed by atoms with Gasteiger partial charge in [-0.25, -0.2) is 0 Å². The van der Waals surface area contributed by atoms with E-state index in [1.54, 1.807) is 0 Å². The van der Waals surface area contributed by atoms with Crippen molar-refractivity contribution in [2.24, 2.45) is 0 Å². The van der Waals surface area contributed by atoms with Crippen LogP contribution in [0.25, 0.3) is 0 Å². The molecule has 0 saturated heterocycles. The van der Waals surface area contributed by atoms with Crippen molar-refractivity contribution in [3.05, 3.63) is 33.8 Å². The number of carbonyl (C=O) groups excluding carboxylic acids is 3. The molecule has 0 N–H and O–H groups in total. The number of rotatable bonds is 6. The molecule has 9 heteroatoms. The maximum atomic E-state index is 12.7. The molecule has 0 spiro atoms.